The predicted octanol–water partition coefficient (Wildman–Crippen LogP) is 3.05. The summed E-state index contributed by atoms with van der Waals surface area (Å²) in [5, 5.41) is 2.65. The average molecular weight is 313 g/mol. The topological polar surface area (TPSA) is 64.6 Å². The number of amides is 1. The van der Waals surface area contributed by atoms with Crippen LogP contribution in [-0.2, 0) is 16.0 Å². The average Bonchev–Trinajstić information content (AvgIpc) is 2.60. The second-order valence-corrected chi connectivity index (χ2v) is 4.91. The van der Waals surface area contributed by atoms with Gasteiger partial charge in [-0.2, -0.15) is 0 Å². The molecule has 0 bridgehead atoms. The van der Waals surface area contributed by atoms with E-state index in [-0.39, 0.29) is 6.61 Å². The highest BCUT2D eigenvalue weighted by Gasteiger charge is 2.10. The molecular formula is C18H19NO4. The van der Waals surface area contributed by atoms with E-state index in [0.717, 1.165) is 12.0 Å². The Hall–Kier alpha value is -2.82. The van der Waals surface area contributed by atoms with Crippen LogP contribution in [0.5, 0.6) is 5.75 Å². The molecule has 0 aromatic heterocycles. The molecule has 23 heavy (non-hydrogen) atoms. The first-order valence-corrected chi connectivity index (χ1v) is 7.32. The van der Waals surface area contributed by atoms with E-state index in [1.165, 1.54) is 0 Å². The molecule has 0 radical (unpaired) electrons. The third kappa shape index (κ3) is 4.85. The van der Waals surface area contributed by atoms with Crippen molar-refractivity contribution in [3.63, 3.8) is 0 Å². The number of benzene rings is 2. The Morgan fingerprint density at radius 3 is 2.48 bits per heavy atom. The maximum absolute atomic E-state index is 11.9. The lowest BCUT2D eigenvalue weighted by Crippen LogP contribution is -2.20. The molecule has 0 aliphatic heterocycles. The van der Waals surface area contributed by atoms with Gasteiger partial charge < -0.3 is 14.8 Å². The third-order valence-corrected chi connectivity index (χ3v) is 3.29. The van der Waals surface area contributed by atoms with Gasteiger partial charge in [0.1, 0.15) is 5.75 Å². The Morgan fingerprint density at radius 1 is 1.09 bits per heavy atom. The Morgan fingerprint density at radius 2 is 1.83 bits per heavy atom. The quantitative estimate of drug-likeness (QED) is 0.833. The molecule has 5 nitrogen and oxygen atoms in total. The number of esters is 1. The molecule has 2 aromatic rings. The summed E-state index contributed by atoms with van der Waals surface area (Å²) in [5.74, 6) is -0.291. The van der Waals surface area contributed by atoms with Crippen LogP contribution in [0.4, 0.5) is 5.69 Å². The molecule has 0 fully saturated rings. The molecule has 0 unspecified atom stereocenters. The van der Waals surface area contributed by atoms with Crippen LogP contribution in [0.25, 0.3) is 0 Å². The van der Waals surface area contributed by atoms with Gasteiger partial charge in [-0.15, -0.1) is 0 Å². The minimum atomic E-state index is -0.520. The first-order valence-electron chi connectivity index (χ1n) is 7.32. The van der Waals surface area contributed by atoms with Crippen molar-refractivity contribution < 1.29 is 19.1 Å². The fourth-order valence-electron chi connectivity index (χ4n) is 1.99. The molecule has 0 saturated heterocycles. The van der Waals surface area contributed by atoms with Gasteiger partial charge in [-0.05, 0) is 36.2 Å². The maximum Gasteiger partial charge on any atom is 0.338 e. The summed E-state index contributed by atoms with van der Waals surface area (Å²) in [6.07, 6.45) is 0.901. The number of rotatable bonds is 6. The van der Waals surface area contributed by atoms with Gasteiger partial charge >= 0.3 is 5.97 Å². The van der Waals surface area contributed by atoms with Crippen molar-refractivity contribution in [3.05, 3.63) is 59.7 Å². The van der Waals surface area contributed by atoms with E-state index in [9.17, 15) is 9.59 Å². The van der Waals surface area contributed by atoms with E-state index in [4.69, 9.17) is 9.47 Å². The number of carbonyl (C=O) groups excluding carboxylic acids is 2. The normalized spacial score (nSPS) is 10.0. The molecule has 5 heteroatoms. The second kappa shape index (κ2) is 7.98. The first-order chi connectivity index (χ1) is 11.1. The molecule has 0 aliphatic rings. The number of hydrogen-bond acceptors (Lipinski definition) is 4. The van der Waals surface area contributed by atoms with E-state index in [1.54, 1.807) is 43.5 Å². The Kier molecular flexibility index (Phi) is 5.74. The number of carbonyl (C=O) groups is 2. The number of nitrogens with one attached hydrogen (secondary N) is 1. The molecule has 0 heterocycles. The lowest BCUT2D eigenvalue weighted by molar-refractivity contribution is -0.119. The van der Waals surface area contributed by atoms with Gasteiger partial charge in [0, 0.05) is 11.8 Å². The van der Waals surface area contributed by atoms with Crippen LogP contribution in [0.2, 0.25) is 0 Å². The zero-order valence-electron chi connectivity index (χ0n) is 13.2. The van der Waals surface area contributed by atoms with Gasteiger partial charge in [0.05, 0.1) is 12.7 Å². The highest BCUT2D eigenvalue weighted by molar-refractivity contribution is 5.95. The molecule has 0 atom stereocenters. The van der Waals surface area contributed by atoms with Crippen molar-refractivity contribution in [1.82, 2.24) is 0 Å². The summed E-state index contributed by atoms with van der Waals surface area (Å²) >= 11 is 0. The maximum atomic E-state index is 11.9. The standard InChI is InChI=1S/C18H19NO4/c1-3-13-7-9-14(10-8-13)18(21)23-12-17(20)19-15-5-4-6-16(11-15)22-2/h4-11H,3,12H2,1-2H3,(H,19,20). The summed E-state index contributed by atoms with van der Waals surface area (Å²) in [5.41, 5.74) is 2.14. The van der Waals surface area contributed by atoms with Crippen LogP contribution in [-0.4, -0.2) is 25.6 Å². The molecule has 0 saturated carbocycles. The third-order valence-electron chi connectivity index (χ3n) is 3.29. The van der Waals surface area contributed by atoms with Crippen LogP contribution in [0.1, 0.15) is 22.8 Å². The fraction of sp³-hybridized carbons (Fsp3) is 0.222. The summed E-state index contributed by atoms with van der Waals surface area (Å²) in [4.78, 5) is 23.7. The van der Waals surface area contributed by atoms with Crippen molar-refractivity contribution in [2.24, 2.45) is 0 Å². The molecule has 2 aromatic carbocycles. The Balaban J connectivity index is 1.86. The van der Waals surface area contributed by atoms with Gasteiger partial charge in [0.2, 0.25) is 0 Å². The van der Waals surface area contributed by atoms with E-state index in [2.05, 4.69) is 5.32 Å². The number of methoxy groups -OCH3 is 1. The molecule has 0 spiro atoms. The zero-order valence-corrected chi connectivity index (χ0v) is 13.2. The summed E-state index contributed by atoms with van der Waals surface area (Å²) in [6, 6.07) is 14.1. The van der Waals surface area contributed by atoms with Crippen LogP contribution < -0.4 is 10.1 Å². The van der Waals surface area contributed by atoms with Gasteiger partial charge in [0.25, 0.3) is 5.91 Å². The molecule has 120 valence electrons. The highest BCUT2D eigenvalue weighted by atomic mass is 16.5. The number of aryl methyl sites for hydroxylation is 1. The number of ether oxygens (including phenoxy) is 2. The largest absolute Gasteiger partial charge is 0.497 e. The van der Waals surface area contributed by atoms with Crippen molar-refractivity contribution >= 4 is 17.6 Å². The van der Waals surface area contributed by atoms with Crippen LogP contribution in [0.3, 0.4) is 0 Å². The smallest absolute Gasteiger partial charge is 0.338 e. The molecule has 1 amide bonds. The Labute approximate surface area is 135 Å². The fourth-order valence-corrected chi connectivity index (χ4v) is 1.99. The number of hydrogen-bond donors (Lipinski definition) is 1. The van der Waals surface area contributed by atoms with Gasteiger partial charge in [-0.3, -0.25) is 4.79 Å². The van der Waals surface area contributed by atoms with Crippen LogP contribution in [0, 0.1) is 0 Å². The second-order valence-electron chi connectivity index (χ2n) is 4.91. The van der Waals surface area contributed by atoms with E-state index in [1.807, 2.05) is 19.1 Å². The van der Waals surface area contributed by atoms with E-state index in [0.29, 0.717) is 17.0 Å². The Bertz CT molecular complexity index is 680. The van der Waals surface area contributed by atoms with Crippen LogP contribution >= 0.6 is 0 Å². The van der Waals surface area contributed by atoms with E-state index < -0.39 is 11.9 Å². The van der Waals surface area contributed by atoms with Gasteiger partial charge in [-0.25, -0.2) is 4.79 Å². The molecule has 0 aliphatic carbocycles. The van der Waals surface area contributed by atoms with Crippen molar-refractivity contribution in [1.29, 1.82) is 0 Å². The SMILES string of the molecule is CCc1ccc(C(=O)OCC(=O)Nc2cccc(OC)c2)cc1. The van der Waals surface area contributed by atoms with E-state index >= 15 is 0 Å². The number of anilines is 1. The van der Waals surface area contributed by atoms with Crippen LogP contribution in [0.15, 0.2) is 48.5 Å². The zero-order chi connectivity index (χ0) is 16.7. The lowest BCUT2D eigenvalue weighted by atomic mass is 10.1. The van der Waals surface area contributed by atoms with Crippen molar-refractivity contribution in [3.8, 4) is 5.75 Å². The predicted molar refractivity (Wildman–Crippen MR) is 87.7 cm³/mol. The molecule has 2 rings (SSSR count). The minimum Gasteiger partial charge on any atom is -0.497 e. The first kappa shape index (κ1) is 16.5. The van der Waals surface area contributed by atoms with Crippen molar-refractivity contribution in [2.75, 3.05) is 19.0 Å². The minimum absolute atomic E-state index is 0.342. The monoisotopic (exact) mass is 313 g/mol. The molecule has 1 N–H and O–H groups in total. The molecular weight excluding hydrogens is 294 g/mol. The van der Waals surface area contributed by atoms with Gasteiger partial charge in [-0.1, -0.05) is 25.1 Å². The summed E-state index contributed by atoms with van der Waals surface area (Å²) in [7, 11) is 1.55. The van der Waals surface area contributed by atoms with Crippen molar-refractivity contribution in [2.45, 2.75) is 13.3 Å². The summed E-state index contributed by atoms with van der Waals surface area (Å²) in [6.45, 7) is 1.70. The highest BCUT2D eigenvalue weighted by Crippen LogP contribution is 2.16. The summed E-state index contributed by atoms with van der Waals surface area (Å²) < 4.78 is 10.1. The lowest BCUT2D eigenvalue weighted by Gasteiger charge is -2.08. The van der Waals surface area contributed by atoms with Gasteiger partial charge in [0.15, 0.2) is 6.61 Å².